The van der Waals surface area contributed by atoms with Crippen LogP contribution in [0.2, 0.25) is 0 Å². The minimum Gasteiger partial charge on any atom is -0.506 e. The lowest BCUT2D eigenvalue weighted by molar-refractivity contribution is 0.0974. The van der Waals surface area contributed by atoms with E-state index in [9.17, 15) is 18.3 Å². The molecule has 0 aliphatic carbocycles. The highest BCUT2D eigenvalue weighted by atomic mass is 32.2. The molecule has 1 atom stereocenters. The number of hydrogen-bond acceptors (Lipinski definition) is 8. The number of hydrogen-bond donors (Lipinski definition) is 2. The summed E-state index contributed by atoms with van der Waals surface area (Å²) >= 11 is 0. The van der Waals surface area contributed by atoms with Crippen LogP contribution in [0.1, 0.15) is 59.6 Å². The third-order valence-corrected chi connectivity index (χ3v) is 10.1. The van der Waals surface area contributed by atoms with Gasteiger partial charge < -0.3 is 19.6 Å². The fourth-order valence-corrected chi connectivity index (χ4v) is 8.37. The number of aromatic nitrogens is 1. The molecular formula is C33H32FN3O6S. The van der Waals surface area contributed by atoms with Crippen LogP contribution in [0.15, 0.2) is 81.7 Å². The molecule has 0 spiro atoms. The first kappa shape index (κ1) is 29.4. The summed E-state index contributed by atoms with van der Waals surface area (Å²) in [6, 6.07) is 16.7. The second-order valence-electron chi connectivity index (χ2n) is 11.9. The Morgan fingerprint density at radius 2 is 1.89 bits per heavy atom. The molecule has 44 heavy (non-hydrogen) atoms. The standard InChI is InChI=1S/C33H32FN3O6S/c1-19-28(35-20(2)43-19)32(39)37-26-11-8-12-27(38)29(26)36-25-16-33(3,4)18-44(40,41)31(25)30(37)23-14-13-22(15-24(23)34)42-17-21-9-6-5-7-10-21/h5-15,30,36,38H,16-18H2,1-4H3. The van der Waals surface area contributed by atoms with Gasteiger partial charge in [-0.2, -0.15) is 0 Å². The number of para-hydroxylation sites is 1. The maximum Gasteiger partial charge on any atom is 0.281 e. The number of anilines is 2. The van der Waals surface area contributed by atoms with E-state index in [-0.39, 0.29) is 75.2 Å². The van der Waals surface area contributed by atoms with Crippen LogP contribution in [-0.2, 0) is 16.4 Å². The Balaban J connectivity index is 1.57. The molecule has 0 saturated carbocycles. The van der Waals surface area contributed by atoms with Crippen LogP contribution in [0.3, 0.4) is 0 Å². The van der Waals surface area contributed by atoms with E-state index in [1.807, 2.05) is 44.2 Å². The summed E-state index contributed by atoms with van der Waals surface area (Å²) < 4.78 is 55.9. The number of ether oxygens (including phenoxy) is 1. The predicted octanol–water partition coefficient (Wildman–Crippen LogP) is 6.59. The van der Waals surface area contributed by atoms with Crippen LogP contribution in [0.25, 0.3) is 0 Å². The van der Waals surface area contributed by atoms with E-state index in [1.54, 1.807) is 26.0 Å². The molecule has 228 valence electrons. The highest BCUT2D eigenvalue weighted by molar-refractivity contribution is 7.95. The molecule has 9 nitrogen and oxygen atoms in total. The average Bonchev–Trinajstić information content (AvgIpc) is 3.21. The van der Waals surface area contributed by atoms with Gasteiger partial charge in [0.15, 0.2) is 21.4 Å². The normalized spacial score (nSPS) is 18.6. The number of carbonyl (C=O) groups excluding carboxylic acids is 1. The lowest BCUT2D eigenvalue weighted by Crippen LogP contribution is -2.41. The number of phenols is 1. The van der Waals surface area contributed by atoms with Crippen molar-refractivity contribution in [2.75, 3.05) is 16.0 Å². The number of rotatable bonds is 5. The number of nitrogens with one attached hydrogen (secondary N) is 1. The average molecular weight is 618 g/mol. The van der Waals surface area contributed by atoms with Crippen molar-refractivity contribution in [3.8, 4) is 11.5 Å². The summed E-state index contributed by atoms with van der Waals surface area (Å²) in [6.07, 6.45) is 0.274. The van der Waals surface area contributed by atoms with Gasteiger partial charge in [-0.05, 0) is 48.6 Å². The topological polar surface area (TPSA) is 122 Å². The van der Waals surface area contributed by atoms with Crippen LogP contribution in [-0.4, -0.2) is 30.2 Å². The van der Waals surface area contributed by atoms with Gasteiger partial charge >= 0.3 is 0 Å². The van der Waals surface area contributed by atoms with Gasteiger partial charge in [-0.1, -0.05) is 50.2 Å². The zero-order valence-corrected chi connectivity index (χ0v) is 25.5. The third kappa shape index (κ3) is 5.32. The number of amides is 1. The van der Waals surface area contributed by atoms with E-state index in [1.165, 1.54) is 29.2 Å². The number of allylic oxidation sites excluding steroid dienone is 1. The van der Waals surface area contributed by atoms with Crippen LogP contribution >= 0.6 is 0 Å². The van der Waals surface area contributed by atoms with Gasteiger partial charge in [-0.3, -0.25) is 9.69 Å². The Morgan fingerprint density at radius 1 is 1.14 bits per heavy atom. The molecule has 2 aliphatic heterocycles. The molecule has 2 aliphatic rings. The van der Waals surface area contributed by atoms with E-state index in [4.69, 9.17) is 9.15 Å². The SMILES string of the molecule is Cc1nc(C(=O)N2c3cccc(O)c3NC3=C(C2c2ccc(OCc4ccccc4)cc2F)S(=O)(=O)CC(C)(C)C3)c(C)o1. The number of phenolic OH excluding ortho intramolecular Hbond substituents is 1. The highest BCUT2D eigenvalue weighted by Crippen LogP contribution is 2.52. The summed E-state index contributed by atoms with van der Waals surface area (Å²) in [6.45, 7) is 7.02. The number of carbonyl (C=O) groups is 1. The van der Waals surface area contributed by atoms with Crippen molar-refractivity contribution in [3.63, 3.8) is 0 Å². The molecule has 0 fully saturated rings. The lowest BCUT2D eigenvalue weighted by Gasteiger charge is -2.37. The molecule has 0 bridgehead atoms. The van der Waals surface area contributed by atoms with E-state index in [0.29, 0.717) is 0 Å². The number of sulfone groups is 1. The largest absolute Gasteiger partial charge is 0.506 e. The minimum absolute atomic E-state index is 0.0531. The summed E-state index contributed by atoms with van der Waals surface area (Å²) in [7, 11) is -4.07. The van der Waals surface area contributed by atoms with E-state index >= 15 is 4.39 Å². The van der Waals surface area contributed by atoms with Gasteiger partial charge in [0.2, 0.25) is 0 Å². The first-order chi connectivity index (χ1) is 20.8. The number of benzene rings is 3. The Morgan fingerprint density at radius 3 is 2.57 bits per heavy atom. The maximum atomic E-state index is 16.3. The van der Waals surface area contributed by atoms with Gasteiger partial charge in [0.1, 0.15) is 41.4 Å². The van der Waals surface area contributed by atoms with Crippen LogP contribution in [0, 0.1) is 25.1 Å². The smallest absolute Gasteiger partial charge is 0.281 e. The Labute approximate surface area is 254 Å². The second kappa shape index (κ2) is 10.8. The fourth-order valence-electron chi connectivity index (χ4n) is 6.01. The zero-order valence-electron chi connectivity index (χ0n) is 24.7. The molecule has 1 aromatic heterocycles. The van der Waals surface area contributed by atoms with Crippen molar-refractivity contribution in [3.05, 3.63) is 112 Å². The Bertz CT molecular complexity index is 1920. The van der Waals surface area contributed by atoms with Crippen molar-refractivity contribution in [1.29, 1.82) is 0 Å². The molecule has 6 rings (SSSR count). The number of nitrogens with zero attached hydrogens (tertiary/aromatic N) is 2. The molecule has 4 aromatic rings. The highest BCUT2D eigenvalue weighted by Gasteiger charge is 2.48. The maximum absolute atomic E-state index is 16.3. The van der Waals surface area contributed by atoms with E-state index < -0.39 is 33.0 Å². The van der Waals surface area contributed by atoms with Gasteiger partial charge in [-0.15, -0.1) is 0 Å². The third-order valence-electron chi connectivity index (χ3n) is 7.77. The van der Waals surface area contributed by atoms with Gasteiger partial charge in [-0.25, -0.2) is 17.8 Å². The van der Waals surface area contributed by atoms with Gasteiger partial charge in [0.25, 0.3) is 5.91 Å². The van der Waals surface area contributed by atoms with Crippen LogP contribution < -0.4 is 15.0 Å². The number of fused-ring (bicyclic) bond motifs is 1. The zero-order chi connectivity index (χ0) is 31.4. The second-order valence-corrected chi connectivity index (χ2v) is 13.9. The molecule has 1 amide bonds. The molecule has 3 aromatic carbocycles. The number of halogens is 1. The summed E-state index contributed by atoms with van der Waals surface area (Å²) in [5.74, 6) is -1.20. The predicted molar refractivity (Wildman–Crippen MR) is 164 cm³/mol. The van der Waals surface area contributed by atoms with E-state index in [0.717, 1.165) is 5.56 Å². The summed E-state index contributed by atoms with van der Waals surface area (Å²) in [5.41, 5.74) is 0.674. The van der Waals surface area contributed by atoms with Crippen molar-refractivity contribution in [2.45, 2.75) is 46.8 Å². The molecular weight excluding hydrogens is 585 g/mol. The van der Waals surface area contributed by atoms with Crippen molar-refractivity contribution < 1.29 is 31.9 Å². The van der Waals surface area contributed by atoms with Crippen molar-refractivity contribution in [1.82, 2.24) is 4.98 Å². The monoisotopic (exact) mass is 617 g/mol. The molecule has 0 radical (unpaired) electrons. The fraction of sp³-hybridized carbons (Fsp3) is 0.273. The number of aromatic hydroxyl groups is 1. The van der Waals surface area contributed by atoms with Crippen LogP contribution in [0.5, 0.6) is 11.5 Å². The molecule has 11 heteroatoms. The van der Waals surface area contributed by atoms with E-state index in [2.05, 4.69) is 10.3 Å². The molecule has 0 saturated heterocycles. The Kier molecular flexibility index (Phi) is 7.23. The number of oxazole rings is 1. The van der Waals surface area contributed by atoms with Gasteiger partial charge in [0, 0.05) is 24.3 Å². The van der Waals surface area contributed by atoms with Crippen molar-refractivity contribution >= 4 is 27.1 Å². The molecule has 2 N–H and O–H groups in total. The first-order valence-electron chi connectivity index (χ1n) is 14.1. The molecule has 3 heterocycles. The van der Waals surface area contributed by atoms with Crippen molar-refractivity contribution in [2.24, 2.45) is 5.41 Å². The van der Waals surface area contributed by atoms with Gasteiger partial charge in [0.05, 0.1) is 16.3 Å². The summed E-state index contributed by atoms with van der Waals surface area (Å²) in [4.78, 5) is 19.7. The molecule has 1 unspecified atom stereocenters. The van der Waals surface area contributed by atoms with Crippen LogP contribution in [0.4, 0.5) is 15.8 Å². The Hall–Kier alpha value is -4.64. The minimum atomic E-state index is -4.07. The number of aryl methyl sites for hydroxylation is 2. The quantitative estimate of drug-likeness (QED) is 0.241. The first-order valence-corrected chi connectivity index (χ1v) is 15.8. The lowest BCUT2D eigenvalue weighted by atomic mass is 9.88. The summed E-state index contributed by atoms with van der Waals surface area (Å²) in [5, 5.41) is 14.1.